The standard InChI is InChI=1S/C23H26ClNO3/c1-3-27-22-14-18(13-20(24)23(22)28-4-2)12-19-16-25(11-10-21(19)26)15-17-8-6-5-7-9-17/h5-9,12-14H,3-4,10-11,15-16H2,1-2H3/b19-12+. The SMILES string of the molecule is CCOc1cc(/C=C2\CN(Cc3ccccc3)CCC2=O)cc(Cl)c1OCC. The molecule has 1 saturated heterocycles. The van der Waals surface area contributed by atoms with Gasteiger partial charge in [0.25, 0.3) is 0 Å². The summed E-state index contributed by atoms with van der Waals surface area (Å²) in [7, 11) is 0. The van der Waals surface area contributed by atoms with Crippen LogP contribution in [0.1, 0.15) is 31.4 Å². The Balaban J connectivity index is 1.83. The number of ether oxygens (including phenoxy) is 2. The van der Waals surface area contributed by atoms with Crippen LogP contribution in [-0.4, -0.2) is 37.0 Å². The fraction of sp³-hybridized carbons (Fsp3) is 0.348. The largest absolute Gasteiger partial charge is 0.490 e. The highest BCUT2D eigenvalue weighted by Gasteiger charge is 2.22. The Morgan fingerprint density at radius 2 is 1.86 bits per heavy atom. The van der Waals surface area contributed by atoms with Crippen LogP contribution in [0.25, 0.3) is 6.08 Å². The van der Waals surface area contributed by atoms with Crippen molar-refractivity contribution in [2.45, 2.75) is 26.8 Å². The van der Waals surface area contributed by atoms with Crippen LogP contribution in [-0.2, 0) is 11.3 Å². The molecule has 2 aromatic rings. The molecule has 0 spiro atoms. The lowest BCUT2D eigenvalue weighted by Crippen LogP contribution is -2.35. The van der Waals surface area contributed by atoms with Crippen LogP contribution >= 0.6 is 11.6 Å². The number of ketones is 1. The molecule has 1 aliphatic rings. The predicted molar refractivity (Wildman–Crippen MR) is 113 cm³/mol. The number of carbonyl (C=O) groups excluding carboxylic acids is 1. The lowest BCUT2D eigenvalue weighted by atomic mass is 9.99. The van der Waals surface area contributed by atoms with E-state index < -0.39 is 0 Å². The minimum absolute atomic E-state index is 0.187. The van der Waals surface area contributed by atoms with Gasteiger partial charge in [-0.05, 0) is 43.2 Å². The van der Waals surface area contributed by atoms with Crippen molar-refractivity contribution in [1.82, 2.24) is 4.90 Å². The van der Waals surface area contributed by atoms with Gasteiger partial charge in [0.05, 0.1) is 18.2 Å². The van der Waals surface area contributed by atoms with Crippen LogP contribution in [0.2, 0.25) is 5.02 Å². The zero-order valence-electron chi connectivity index (χ0n) is 16.4. The molecule has 28 heavy (non-hydrogen) atoms. The number of hydrogen-bond donors (Lipinski definition) is 0. The first-order valence-electron chi connectivity index (χ1n) is 9.69. The number of piperidine rings is 1. The summed E-state index contributed by atoms with van der Waals surface area (Å²) in [5, 5.41) is 0.490. The van der Waals surface area contributed by atoms with Crippen LogP contribution < -0.4 is 9.47 Å². The fourth-order valence-corrected chi connectivity index (χ4v) is 3.62. The molecule has 148 valence electrons. The third-order valence-electron chi connectivity index (χ3n) is 4.62. The molecule has 1 aliphatic heterocycles. The molecule has 5 heteroatoms. The van der Waals surface area contributed by atoms with Crippen molar-refractivity contribution < 1.29 is 14.3 Å². The smallest absolute Gasteiger partial charge is 0.179 e. The highest BCUT2D eigenvalue weighted by atomic mass is 35.5. The normalized spacial score (nSPS) is 16.4. The molecule has 0 unspecified atom stereocenters. The van der Waals surface area contributed by atoms with Crippen molar-refractivity contribution in [2.75, 3.05) is 26.3 Å². The molecule has 2 aromatic carbocycles. The van der Waals surface area contributed by atoms with Gasteiger partial charge in [0.1, 0.15) is 0 Å². The number of likely N-dealkylation sites (tertiary alicyclic amines) is 1. The van der Waals surface area contributed by atoms with E-state index in [2.05, 4.69) is 17.0 Å². The summed E-state index contributed by atoms with van der Waals surface area (Å²) in [6.07, 6.45) is 2.45. The first-order chi connectivity index (χ1) is 13.6. The van der Waals surface area contributed by atoms with Crippen molar-refractivity contribution in [3.05, 3.63) is 64.2 Å². The summed E-state index contributed by atoms with van der Waals surface area (Å²) >= 11 is 6.41. The average Bonchev–Trinajstić information content (AvgIpc) is 2.68. The second-order valence-corrected chi connectivity index (χ2v) is 7.14. The van der Waals surface area contributed by atoms with Gasteiger partial charge in [0.15, 0.2) is 17.3 Å². The molecular formula is C23H26ClNO3. The minimum Gasteiger partial charge on any atom is -0.490 e. The van der Waals surface area contributed by atoms with E-state index in [1.54, 1.807) is 0 Å². The number of carbonyl (C=O) groups is 1. The van der Waals surface area contributed by atoms with Crippen molar-refractivity contribution in [3.8, 4) is 11.5 Å². The maximum atomic E-state index is 12.5. The average molecular weight is 400 g/mol. The van der Waals surface area contributed by atoms with Gasteiger partial charge in [-0.3, -0.25) is 9.69 Å². The highest BCUT2D eigenvalue weighted by Crippen LogP contribution is 2.37. The second-order valence-electron chi connectivity index (χ2n) is 6.74. The van der Waals surface area contributed by atoms with Gasteiger partial charge in [-0.25, -0.2) is 0 Å². The lowest BCUT2D eigenvalue weighted by molar-refractivity contribution is -0.117. The summed E-state index contributed by atoms with van der Waals surface area (Å²) in [5.41, 5.74) is 2.89. The van der Waals surface area contributed by atoms with E-state index in [0.29, 0.717) is 42.7 Å². The van der Waals surface area contributed by atoms with E-state index in [4.69, 9.17) is 21.1 Å². The Bertz CT molecular complexity index is 848. The quantitative estimate of drug-likeness (QED) is 0.614. The van der Waals surface area contributed by atoms with E-state index >= 15 is 0 Å². The Morgan fingerprint density at radius 3 is 2.57 bits per heavy atom. The molecule has 0 aliphatic carbocycles. The maximum absolute atomic E-state index is 12.5. The molecule has 0 N–H and O–H groups in total. The monoisotopic (exact) mass is 399 g/mol. The van der Waals surface area contributed by atoms with Gasteiger partial charge in [-0.1, -0.05) is 41.9 Å². The first-order valence-corrected chi connectivity index (χ1v) is 10.1. The van der Waals surface area contributed by atoms with Crippen molar-refractivity contribution in [2.24, 2.45) is 0 Å². The Kier molecular flexibility index (Phi) is 7.12. The van der Waals surface area contributed by atoms with Crippen molar-refractivity contribution in [1.29, 1.82) is 0 Å². The molecule has 0 radical (unpaired) electrons. The number of benzene rings is 2. The summed E-state index contributed by atoms with van der Waals surface area (Å²) in [6.45, 7) is 7.08. The molecule has 0 amide bonds. The van der Waals surface area contributed by atoms with Crippen molar-refractivity contribution in [3.63, 3.8) is 0 Å². The Morgan fingerprint density at radius 1 is 1.11 bits per heavy atom. The van der Waals surface area contributed by atoms with E-state index in [1.165, 1.54) is 5.56 Å². The van der Waals surface area contributed by atoms with Gasteiger partial charge in [-0.15, -0.1) is 0 Å². The molecule has 4 nitrogen and oxygen atoms in total. The third-order valence-corrected chi connectivity index (χ3v) is 4.90. The van der Waals surface area contributed by atoms with Crippen LogP contribution in [0.3, 0.4) is 0 Å². The van der Waals surface area contributed by atoms with Crippen LogP contribution in [0.5, 0.6) is 11.5 Å². The summed E-state index contributed by atoms with van der Waals surface area (Å²) in [6, 6.07) is 14.0. The molecule has 1 fully saturated rings. The molecule has 0 aromatic heterocycles. The highest BCUT2D eigenvalue weighted by molar-refractivity contribution is 6.32. The van der Waals surface area contributed by atoms with E-state index in [1.807, 2.05) is 50.3 Å². The number of rotatable bonds is 7. The minimum atomic E-state index is 0.187. The lowest BCUT2D eigenvalue weighted by Gasteiger charge is -2.28. The molecule has 0 atom stereocenters. The van der Waals surface area contributed by atoms with Gasteiger partial charge in [0, 0.05) is 31.6 Å². The van der Waals surface area contributed by atoms with Gasteiger partial charge < -0.3 is 9.47 Å². The Labute approximate surface area is 171 Å². The second kappa shape index (κ2) is 9.76. The molecule has 0 saturated carbocycles. The topological polar surface area (TPSA) is 38.8 Å². The summed E-state index contributed by atoms with van der Waals surface area (Å²) < 4.78 is 11.3. The first kappa shape index (κ1) is 20.4. The number of hydrogen-bond acceptors (Lipinski definition) is 4. The number of halogens is 1. The maximum Gasteiger partial charge on any atom is 0.179 e. The third kappa shape index (κ3) is 5.15. The van der Waals surface area contributed by atoms with E-state index in [0.717, 1.165) is 24.2 Å². The van der Waals surface area contributed by atoms with Crippen molar-refractivity contribution >= 4 is 23.5 Å². The predicted octanol–water partition coefficient (Wildman–Crippen LogP) is 5.00. The zero-order chi connectivity index (χ0) is 19.9. The summed E-state index contributed by atoms with van der Waals surface area (Å²) in [5.74, 6) is 1.34. The fourth-order valence-electron chi connectivity index (χ4n) is 3.35. The molecule has 0 bridgehead atoms. The number of Topliss-reactive ketones (excluding diaryl/α,β-unsaturated/α-hetero) is 1. The number of nitrogens with zero attached hydrogens (tertiary/aromatic N) is 1. The van der Waals surface area contributed by atoms with E-state index in [-0.39, 0.29) is 5.78 Å². The summed E-state index contributed by atoms with van der Waals surface area (Å²) in [4.78, 5) is 14.8. The van der Waals surface area contributed by atoms with Gasteiger partial charge >= 0.3 is 0 Å². The molecule has 1 heterocycles. The molecule has 3 rings (SSSR count). The zero-order valence-corrected chi connectivity index (χ0v) is 17.2. The molecular weight excluding hydrogens is 374 g/mol. The van der Waals surface area contributed by atoms with Crippen LogP contribution in [0.15, 0.2) is 48.0 Å². The van der Waals surface area contributed by atoms with Gasteiger partial charge in [-0.2, -0.15) is 0 Å². The van der Waals surface area contributed by atoms with Crippen LogP contribution in [0, 0.1) is 0 Å². The Hall–Kier alpha value is -2.30. The van der Waals surface area contributed by atoms with Gasteiger partial charge in [0.2, 0.25) is 0 Å². The van der Waals surface area contributed by atoms with E-state index in [9.17, 15) is 4.79 Å². The van der Waals surface area contributed by atoms with Crippen LogP contribution in [0.4, 0.5) is 0 Å².